The topological polar surface area (TPSA) is 60.0 Å². The summed E-state index contributed by atoms with van der Waals surface area (Å²) in [6.45, 7) is 11.5. The Morgan fingerprint density at radius 2 is 1.83 bits per heavy atom. The number of hydrogen-bond acceptors (Lipinski definition) is 3. The summed E-state index contributed by atoms with van der Waals surface area (Å²) >= 11 is 6.48. The summed E-state index contributed by atoms with van der Waals surface area (Å²) in [5.74, 6) is 0.764. The monoisotopic (exact) mass is 535 g/mol. The lowest BCUT2D eigenvalue weighted by Gasteiger charge is -2.31. The summed E-state index contributed by atoms with van der Waals surface area (Å²) in [5.41, 5.74) is 1.10. The maximum Gasteiger partial charge on any atom is 0.244 e. The molecule has 2 N–H and O–H groups in total. The zero-order valence-electron chi connectivity index (χ0n) is 17.8. The fourth-order valence-electron chi connectivity index (χ4n) is 3.59. The summed E-state index contributed by atoms with van der Waals surface area (Å²) < 4.78 is 0. The number of carbonyl (C=O) groups excluding carboxylic acids is 1. The van der Waals surface area contributed by atoms with Gasteiger partial charge in [0.2, 0.25) is 5.91 Å². The van der Waals surface area contributed by atoms with Gasteiger partial charge < -0.3 is 15.5 Å². The molecule has 6 nitrogen and oxygen atoms in total. The van der Waals surface area contributed by atoms with Gasteiger partial charge in [-0.05, 0) is 44.5 Å². The van der Waals surface area contributed by atoms with Gasteiger partial charge in [0.25, 0.3) is 0 Å². The van der Waals surface area contributed by atoms with E-state index >= 15 is 0 Å². The number of halogens is 2. The first-order valence-electron chi connectivity index (χ1n) is 10.4. The first-order valence-corrected chi connectivity index (χ1v) is 10.8. The summed E-state index contributed by atoms with van der Waals surface area (Å²) in [7, 11) is 0. The molecule has 0 radical (unpaired) electrons. The van der Waals surface area contributed by atoms with Gasteiger partial charge in [-0.2, -0.15) is 0 Å². The molecule has 0 saturated carbocycles. The Morgan fingerprint density at radius 3 is 2.41 bits per heavy atom. The quantitative estimate of drug-likeness (QED) is 0.289. The van der Waals surface area contributed by atoms with Gasteiger partial charge in [0.1, 0.15) is 6.54 Å². The van der Waals surface area contributed by atoms with Gasteiger partial charge >= 0.3 is 0 Å². The molecule has 1 aliphatic rings. The number of benzene rings is 1. The first kappa shape index (κ1) is 26.0. The van der Waals surface area contributed by atoms with E-state index in [2.05, 4.69) is 40.4 Å². The molecule has 1 heterocycles. The smallest absolute Gasteiger partial charge is 0.244 e. The molecule has 1 aromatic carbocycles. The van der Waals surface area contributed by atoms with Crippen LogP contribution in [0.5, 0.6) is 0 Å². The van der Waals surface area contributed by atoms with Gasteiger partial charge in [0, 0.05) is 31.2 Å². The molecule has 1 saturated heterocycles. The third-order valence-corrected chi connectivity index (χ3v) is 5.50. The second kappa shape index (κ2) is 14.0. The average Bonchev–Trinajstić information content (AvgIpc) is 3.24. The number of nitrogens with one attached hydrogen (secondary N) is 2. The molecular formula is C21H35ClIN5O. The van der Waals surface area contributed by atoms with Gasteiger partial charge in [-0.1, -0.05) is 43.6 Å². The number of carbonyl (C=O) groups is 1. The number of amides is 1. The second-order valence-corrected chi connectivity index (χ2v) is 7.33. The number of nitrogens with zero attached hydrogens (tertiary/aromatic N) is 3. The molecule has 1 amide bonds. The standard InChI is InChI=1S/C21H34ClN5O.HI/c1-4-23-21(25-16-20(28)27-13-9-10-14-27)24-15-19(26(5-2)6-3)17-11-7-8-12-18(17)22;/h7-8,11-12,19H,4-6,9-10,13-16H2,1-3H3,(H2,23,24,25);1H. The number of likely N-dealkylation sites (N-methyl/N-ethyl adjacent to an activating group) is 1. The van der Waals surface area contributed by atoms with Gasteiger partial charge in [0.15, 0.2) is 5.96 Å². The molecule has 1 atom stereocenters. The Kier molecular flexibility index (Phi) is 12.6. The van der Waals surface area contributed by atoms with Crippen LogP contribution < -0.4 is 10.6 Å². The number of rotatable bonds is 9. The summed E-state index contributed by atoms with van der Waals surface area (Å²) in [4.78, 5) is 21.1. The van der Waals surface area contributed by atoms with Crippen molar-refractivity contribution in [1.29, 1.82) is 0 Å². The molecule has 1 aromatic rings. The van der Waals surface area contributed by atoms with Crippen molar-refractivity contribution >= 4 is 47.4 Å². The van der Waals surface area contributed by atoms with E-state index in [-0.39, 0.29) is 42.5 Å². The predicted molar refractivity (Wildman–Crippen MR) is 132 cm³/mol. The van der Waals surface area contributed by atoms with Crippen LogP contribution in [0, 0.1) is 0 Å². The van der Waals surface area contributed by atoms with Gasteiger partial charge in [-0.3, -0.25) is 9.69 Å². The summed E-state index contributed by atoms with van der Waals surface area (Å²) in [6.07, 6.45) is 2.19. The number of hydrogen-bond donors (Lipinski definition) is 2. The van der Waals surface area contributed by atoms with Crippen molar-refractivity contribution < 1.29 is 4.79 Å². The van der Waals surface area contributed by atoms with E-state index in [4.69, 9.17) is 11.6 Å². The third-order valence-electron chi connectivity index (χ3n) is 5.16. The number of guanidine groups is 1. The molecule has 1 unspecified atom stereocenters. The lowest BCUT2D eigenvalue weighted by molar-refractivity contribution is -0.128. The number of likely N-dealkylation sites (tertiary alicyclic amines) is 1. The van der Waals surface area contributed by atoms with Crippen LogP contribution in [0.25, 0.3) is 0 Å². The van der Waals surface area contributed by atoms with Crippen molar-refractivity contribution in [3.8, 4) is 0 Å². The molecule has 0 spiro atoms. The van der Waals surface area contributed by atoms with Gasteiger partial charge in [-0.15, -0.1) is 24.0 Å². The average molecular weight is 536 g/mol. The molecule has 0 aromatic heterocycles. The lowest BCUT2D eigenvalue weighted by Crippen LogP contribution is -2.44. The molecular weight excluding hydrogens is 501 g/mol. The van der Waals surface area contributed by atoms with Gasteiger partial charge in [0.05, 0.1) is 6.04 Å². The van der Waals surface area contributed by atoms with Crippen LogP contribution in [0.15, 0.2) is 29.3 Å². The van der Waals surface area contributed by atoms with Crippen LogP contribution in [0.3, 0.4) is 0 Å². The van der Waals surface area contributed by atoms with Crippen molar-refractivity contribution in [2.45, 2.75) is 39.7 Å². The highest BCUT2D eigenvalue weighted by Crippen LogP contribution is 2.26. The van der Waals surface area contributed by atoms with Crippen molar-refractivity contribution in [3.63, 3.8) is 0 Å². The van der Waals surface area contributed by atoms with Crippen LogP contribution in [0.4, 0.5) is 0 Å². The fraction of sp³-hybridized carbons (Fsp3) is 0.619. The molecule has 0 aliphatic carbocycles. The molecule has 2 rings (SSSR count). The molecule has 8 heteroatoms. The highest BCUT2D eigenvalue weighted by Gasteiger charge is 2.21. The van der Waals surface area contributed by atoms with Crippen molar-refractivity contribution in [1.82, 2.24) is 20.4 Å². The summed E-state index contributed by atoms with van der Waals surface area (Å²) in [5, 5.41) is 7.42. The zero-order valence-corrected chi connectivity index (χ0v) is 20.9. The van der Waals surface area contributed by atoms with E-state index in [9.17, 15) is 4.79 Å². The van der Waals surface area contributed by atoms with Crippen LogP contribution in [-0.4, -0.2) is 67.5 Å². The van der Waals surface area contributed by atoms with Crippen molar-refractivity contribution in [2.24, 2.45) is 4.99 Å². The zero-order chi connectivity index (χ0) is 20.4. The van der Waals surface area contributed by atoms with E-state index < -0.39 is 0 Å². The van der Waals surface area contributed by atoms with Crippen LogP contribution >= 0.6 is 35.6 Å². The SMILES string of the molecule is CCNC(=NCC(=O)N1CCCC1)NCC(c1ccccc1Cl)N(CC)CC.I. The molecule has 164 valence electrons. The first-order chi connectivity index (χ1) is 13.6. The minimum absolute atomic E-state index is 0. The lowest BCUT2D eigenvalue weighted by atomic mass is 10.0. The second-order valence-electron chi connectivity index (χ2n) is 6.92. The Labute approximate surface area is 197 Å². The highest BCUT2D eigenvalue weighted by molar-refractivity contribution is 14.0. The van der Waals surface area contributed by atoms with E-state index in [0.717, 1.165) is 56.2 Å². The normalized spacial score (nSPS) is 15.2. The van der Waals surface area contributed by atoms with E-state index in [1.807, 2.05) is 30.0 Å². The van der Waals surface area contributed by atoms with Crippen molar-refractivity contribution in [3.05, 3.63) is 34.9 Å². The maximum atomic E-state index is 12.3. The predicted octanol–water partition coefficient (Wildman–Crippen LogP) is 3.52. The van der Waals surface area contributed by atoms with Crippen LogP contribution in [-0.2, 0) is 4.79 Å². The molecule has 29 heavy (non-hydrogen) atoms. The molecule has 0 bridgehead atoms. The Hall–Kier alpha value is -1.06. The van der Waals surface area contributed by atoms with Crippen molar-refractivity contribution in [2.75, 3.05) is 45.8 Å². The van der Waals surface area contributed by atoms with E-state index in [1.165, 1.54) is 0 Å². The van der Waals surface area contributed by atoms with E-state index in [0.29, 0.717) is 12.5 Å². The molecule has 1 aliphatic heterocycles. The minimum Gasteiger partial charge on any atom is -0.357 e. The van der Waals surface area contributed by atoms with Crippen LogP contribution in [0.1, 0.15) is 45.2 Å². The minimum atomic E-state index is 0. The van der Waals surface area contributed by atoms with Gasteiger partial charge in [-0.25, -0.2) is 4.99 Å². The Balaban J connectivity index is 0.00000420. The molecule has 1 fully saturated rings. The highest BCUT2D eigenvalue weighted by atomic mass is 127. The maximum absolute atomic E-state index is 12.3. The Morgan fingerprint density at radius 1 is 1.17 bits per heavy atom. The largest absolute Gasteiger partial charge is 0.357 e. The Bertz CT molecular complexity index is 648. The van der Waals surface area contributed by atoms with Crippen LogP contribution in [0.2, 0.25) is 5.02 Å². The summed E-state index contributed by atoms with van der Waals surface area (Å²) in [6, 6.07) is 8.11. The fourth-order valence-corrected chi connectivity index (χ4v) is 3.86. The third kappa shape index (κ3) is 7.94. The van der Waals surface area contributed by atoms with E-state index in [1.54, 1.807) is 0 Å². The number of aliphatic imine (C=N–C) groups is 1.